The number of likely N-dealkylation sites (tertiary alicyclic amines) is 1. The molecule has 0 bridgehead atoms. The molecular formula is C13H18F3N5O. The Bertz CT molecular complexity index is 549. The summed E-state index contributed by atoms with van der Waals surface area (Å²) in [5, 5.41) is 2.59. The Hall–Kier alpha value is -1.90. The van der Waals surface area contributed by atoms with Gasteiger partial charge in [-0.1, -0.05) is 6.92 Å². The molecule has 1 aromatic heterocycles. The summed E-state index contributed by atoms with van der Waals surface area (Å²) in [6.07, 6.45) is -2.17. The van der Waals surface area contributed by atoms with E-state index in [-0.39, 0.29) is 11.9 Å². The SMILES string of the molecule is CCN1CCCC1CNC(=O)c1nc(C(F)(F)F)cnc1N. The molecule has 9 heteroatoms. The van der Waals surface area contributed by atoms with E-state index in [9.17, 15) is 18.0 Å². The number of likely N-dealkylation sites (N-methyl/N-ethyl adjacent to an activating group) is 1. The molecule has 2 heterocycles. The Morgan fingerprint density at radius 2 is 2.27 bits per heavy atom. The van der Waals surface area contributed by atoms with Crippen LogP contribution < -0.4 is 11.1 Å². The van der Waals surface area contributed by atoms with Crippen LogP contribution in [0.25, 0.3) is 0 Å². The van der Waals surface area contributed by atoms with Gasteiger partial charge < -0.3 is 11.1 Å². The van der Waals surface area contributed by atoms with E-state index >= 15 is 0 Å². The Morgan fingerprint density at radius 1 is 1.55 bits per heavy atom. The van der Waals surface area contributed by atoms with E-state index in [4.69, 9.17) is 5.73 Å². The third-order valence-electron chi connectivity index (χ3n) is 3.71. The number of carbonyl (C=O) groups excluding carboxylic acids is 1. The molecule has 1 saturated heterocycles. The minimum Gasteiger partial charge on any atom is -0.382 e. The number of nitrogen functional groups attached to an aromatic ring is 1. The normalized spacial score (nSPS) is 19.4. The molecule has 2 rings (SSSR count). The van der Waals surface area contributed by atoms with Crippen molar-refractivity contribution >= 4 is 11.7 Å². The lowest BCUT2D eigenvalue weighted by Crippen LogP contribution is -2.40. The van der Waals surface area contributed by atoms with Crippen LogP contribution in [0.2, 0.25) is 0 Å². The van der Waals surface area contributed by atoms with Gasteiger partial charge in [-0.05, 0) is 25.9 Å². The van der Waals surface area contributed by atoms with E-state index in [1.54, 1.807) is 0 Å². The Kier molecular flexibility index (Phi) is 4.84. The largest absolute Gasteiger partial charge is 0.434 e. The molecule has 0 aromatic carbocycles. The van der Waals surface area contributed by atoms with Gasteiger partial charge in [0.25, 0.3) is 5.91 Å². The van der Waals surface area contributed by atoms with Crippen LogP contribution in [0.15, 0.2) is 6.20 Å². The average Bonchev–Trinajstić information content (AvgIpc) is 2.91. The molecule has 6 nitrogen and oxygen atoms in total. The van der Waals surface area contributed by atoms with Crippen molar-refractivity contribution < 1.29 is 18.0 Å². The van der Waals surface area contributed by atoms with E-state index < -0.39 is 23.5 Å². The fourth-order valence-corrected chi connectivity index (χ4v) is 2.54. The number of halogens is 3. The Labute approximate surface area is 125 Å². The molecule has 0 saturated carbocycles. The van der Waals surface area contributed by atoms with Crippen LogP contribution in [0.5, 0.6) is 0 Å². The smallest absolute Gasteiger partial charge is 0.382 e. The second-order valence-corrected chi connectivity index (χ2v) is 5.12. The number of alkyl halides is 3. The van der Waals surface area contributed by atoms with Crippen molar-refractivity contribution in [3.63, 3.8) is 0 Å². The predicted octanol–water partition coefficient (Wildman–Crippen LogP) is 1.29. The van der Waals surface area contributed by atoms with E-state index in [1.165, 1.54) is 0 Å². The first-order valence-corrected chi connectivity index (χ1v) is 7.05. The maximum Gasteiger partial charge on any atom is 0.434 e. The van der Waals surface area contributed by atoms with Crippen LogP contribution in [0.4, 0.5) is 19.0 Å². The molecule has 1 aliphatic rings. The van der Waals surface area contributed by atoms with Gasteiger partial charge in [0.15, 0.2) is 17.2 Å². The highest BCUT2D eigenvalue weighted by Gasteiger charge is 2.34. The first kappa shape index (κ1) is 16.5. The molecule has 22 heavy (non-hydrogen) atoms. The standard InChI is InChI=1S/C13H18F3N5O/c1-2-21-5-3-4-8(21)6-19-12(22)10-11(17)18-7-9(20-10)13(14,15)16/h7-8H,2-6H2,1H3,(H2,17,18)(H,19,22). The zero-order chi connectivity index (χ0) is 16.3. The zero-order valence-electron chi connectivity index (χ0n) is 12.2. The number of nitrogens with two attached hydrogens (primary N) is 1. The van der Waals surface area contributed by atoms with Gasteiger partial charge in [-0.25, -0.2) is 9.97 Å². The molecule has 1 aromatic rings. The van der Waals surface area contributed by atoms with Crippen molar-refractivity contribution in [2.45, 2.75) is 32.0 Å². The Morgan fingerprint density at radius 3 is 2.91 bits per heavy atom. The van der Waals surface area contributed by atoms with Crippen molar-refractivity contribution in [2.75, 3.05) is 25.4 Å². The third-order valence-corrected chi connectivity index (χ3v) is 3.71. The average molecular weight is 317 g/mol. The number of amides is 1. The van der Waals surface area contributed by atoms with Crippen molar-refractivity contribution in [3.05, 3.63) is 17.6 Å². The summed E-state index contributed by atoms with van der Waals surface area (Å²) in [7, 11) is 0. The summed E-state index contributed by atoms with van der Waals surface area (Å²) in [5.74, 6) is -1.05. The second-order valence-electron chi connectivity index (χ2n) is 5.12. The second kappa shape index (κ2) is 6.47. The van der Waals surface area contributed by atoms with Crippen molar-refractivity contribution in [1.82, 2.24) is 20.2 Å². The predicted molar refractivity (Wildman–Crippen MR) is 74.0 cm³/mol. The van der Waals surface area contributed by atoms with Crippen molar-refractivity contribution in [3.8, 4) is 0 Å². The lowest BCUT2D eigenvalue weighted by Gasteiger charge is -2.22. The van der Waals surface area contributed by atoms with Gasteiger partial charge >= 0.3 is 6.18 Å². The van der Waals surface area contributed by atoms with Crippen LogP contribution in [0, 0.1) is 0 Å². The quantitative estimate of drug-likeness (QED) is 0.874. The highest BCUT2D eigenvalue weighted by Crippen LogP contribution is 2.27. The van der Waals surface area contributed by atoms with E-state index in [0.29, 0.717) is 12.7 Å². The van der Waals surface area contributed by atoms with Crippen LogP contribution in [0.1, 0.15) is 35.9 Å². The van der Waals surface area contributed by atoms with Crippen molar-refractivity contribution in [1.29, 1.82) is 0 Å². The van der Waals surface area contributed by atoms with Gasteiger partial charge in [0.2, 0.25) is 0 Å². The fraction of sp³-hybridized carbons (Fsp3) is 0.615. The van der Waals surface area contributed by atoms with Gasteiger partial charge in [-0.15, -0.1) is 0 Å². The molecule has 0 radical (unpaired) electrons. The first-order valence-electron chi connectivity index (χ1n) is 7.05. The zero-order valence-corrected chi connectivity index (χ0v) is 12.2. The number of rotatable bonds is 4. The summed E-state index contributed by atoms with van der Waals surface area (Å²) in [4.78, 5) is 20.9. The molecule has 0 spiro atoms. The molecule has 1 amide bonds. The van der Waals surface area contributed by atoms with Gasteiger partial charge in [0.05, 0.1) is 6.20 Å². The van der Waals surface area contributed by atoms with Crippen LogP contribution in [-0.4, -0.2) is 46.5 Å². The number of hydrogen-bond acceptors (Lipinski definition) is 5. The number of nitrogens with zero attached hydrogens (tertiary/aromatic N) is 3. The van der Waals surface area contributed by atoms with Gasteiger partial charge in [0, 0.05) is 12.6 Å². The molecular weight excluding hydrogens is 299 g/mol. The maximum absolute atomic E-state index is 12.6. The number of carbonyl (C=O) groups is 1. The van der Waals surface area contributed by atoms with E-state index in [2.05, 4.69) is 20.2 Å². The Balaban J connectivity index is 2.06. The van der Waals surface area contributed by atoms with Gasteiger partial charge in [-0.2, -0.15) is 13.2 Å². The topological polar surface area (TPSA) is 84.1 Å². The lowest BCUT2D eigenvalue weighted by molar-refractivity contribution is -0.141. The van der Waals surface area contributed by atoms with Crippen molar-refractivity contribution in [2.24, 2.45) is 0 Å². The first-order chi connectivity index (χ1) is 10.3. The number of anilines is 1. The van der Waals surface area contributed by atoms with Gasteiger partial charge in [0.1, 0.15) is 0 Å². The molecule has 1 atom stereocenters. The maximum atomic E-state index is 12.6. The van der Waals surface area contributed by atoms with Crippen LogP contribution >= 0.6 is 0 Å². The molecule has 1 unspecified atom stereocenters. The van der Waals surface area contributed by atoms with Crippen LogP contribution in [0.3, 0.4) is 0 Å². The fourth-order valence-electron chi connectivity index (χ4n) is 2.54. The summed E-state index contributed by atoms with van der Waals surface area (Å²) < 4.78 is 37.8. The summed E-state index contributed by atoms with van der Waals surface area (Å²) in [5.41, 5.74) is 3.74. The number of aromatic nitrogens is 2. The van der Waals surface area contributed by atoms with E-state index in [1.807, 2.05) is 6.92 Å². The summed E-state index contributed by atoms with van der Waals surface area (Å²) in [6.45, 7) is 4.20. The molecule has 0 aliphatic carbocycles. The highest BCUT2D eigenvalue weighted by atomic mass is 19.4. The molecule has 1 aliphatic heterocycles. The third kappa shape index (κ3) is 3.65. The minimum atomic E-state index is -4.67. The highest BCUT2D eigenvalue weighted by molar-refractivity contribution is 5.96. The van der Waals surface area contributed by atoms with E-state index in [0.717, 1.165) is 25.9 Å². The van der Waals surface area contributed by atoms with Crippen LogP contribution in [-0.2, 0) is 6.18 Å². The lowest BCUT2D eigenvalue weighted by atomic mass is 10.2. The summed E-state index contributed by atoms with van der Waals surface area (Å²) >= 11 is 0. The number of hydrogen-bond donors (Lipinski definition) is 2. The van der Waals surface area contributed by atoms with Gasteiger partial charge in [-0.3, -0.25) is 9.69 Å². The monoisotopic (exact) mass is 317 g/mol. The molecule has 1 fully saturated rings. The molecule has 3 N–H and O–H groups in total. The number of nitrogens with one attached hydrogen (secondary N) is 1. The summed E-state index contributed by atoms with van der Waals surface area (Å²) in [6, 6.07) is 0.189. The minimum absolute atomic E-state index is 0.189. The molecule has 122 valence electrons.